The van der Waals surface area contributed by atoms with Crippen LogP contribution in [0.1, 0.15) is 11.1 Å². The zero-order valence-corrected chi connectivity index (χ0v) is 19.2. The number of hydroxylamine groups is 1. The molecule has 0 aliphatic carbocycles. The smallest absolute Gasteiger partial charge is 0.274 e. The topological polar surface area (TPSA) is 105 Å². The lowest BCUT2D eigenvalue weighted by molar-refractivity contribution is -0.141. The Morgan fingerprint density at radius 1 is 0.970 bits per heavy atom. The molecule has 0 aliphatic heterocycles. The van der Waals surface area contributed by atoms with Crippen LogP contribution in [0.25, 0.3) is 0 Å². The monoisotopic (exact) mass is 470 g/mol. The number of ether oxygens (including phenoxy) is 2. The van der Waals surface area contributed by atoms with Crippen molar-refractivity contribution in [2.24, 2.45) is 0 Å². The molecule has 0 saturated carbocycles. The maximum atomic E-state index is 12.5. The number of nitrogens with one attached hydrogen (secondary N) is 1. The second-order valence-corrected chi connectivity index (χ2v) is 9.37. The first kappa shape index (κ1) is 24.2. The highest BCUT2D eigenvalue weighted by Crippen LogP contribution is 2.26. The molecule has 0 bridgehead atoms. The van der Waals surface area contributed by atoms with Gasteiger partial charge in [-0.1, -0.05) is 48.0 Å². The van der Waals surface area contributed by atoms with Crippen molar-refractivity contribution < 1.29 is 27.9 Å². The van der Waals surface area contributed by atoms with Crippen LogP contribution in [0.5, 0.6) is 11.5 Å². The lowest BCUT2D eigenvalue weighted by Gasteiger charge is -2.26. The van der Waals surface area contributed by atoms with E-state index in [2.05, 4.69) is 0 Å². The standard InChI is InChI=1S/C24H26N2O6S/c1-18-8-12-21(13-9-18)32-22-14-10-20(11-15-22)26(33(2,29)30)16-23(24(27)25-28)31-17-19-6-4-3-5-7-19/h3-15,23,28H,16-17H2,1-2H3,(H,25,27)/t23-/m1/s1. The Morgan fingerprint density at radius 3 is 2.09 bits per heavy atom. The Bertz CT molecular complexity index is 1150. The summed E-state index contributed by atoms with van der Waals surface area (Å²) in [5.74, 6) is 0.335. The molecule has 3 aromatic carbocycles. The van der Waals surface area contributed by atoms with Crippen LogP contribution in [0, 0.1) is 6.92 Å². The predicted molar refractivity (Wildman–Crippen MR) is 125 cm³/mol. The van der Waals surface area contributed by atoms with Gasteiger partial charge in [-0.25, -0.2) is 13.9 Å². The molecule has 0 fully saturated rings. The van der Waals surface area contributed by atoms with Crippen molar-refractivity contribution in [3.8, 4) is 11.5 Å². The zero-order chi connectivity index (χ0) is 23.8. The van der Waals surface area contributed by atoms with E-state index >= 15 is 0 Å². The van der Waals surface area contributed by atoms with Crippen molar-refractivity contribution in [1.29, 1.82) is 0 Å². The summed E-state index contributed by atoms with van der Waals surface area (Å²) >= 11 is 0. The fourth-order valence-electron chi connectivity index (χ4n) is 3.06. The molecule has 1 atom stereocenters. The first-order valence-corrected chi connectivity index (χ1v) is 12.0. The van der Waals surface area contributed by atoms with Gasteiger partial charge in [-0.15, -0.1) is 0 Å². The number of sulfonamides is 1. The summed E-state index contributed by atoms with van der Waals surface area (Å²) in [6.07, 6.45) is -0.206. The summed E-state index contributed by atoms with van der Waals surface area (Å²) in [5, 5.41) is 9.12. The molecule has 33 heavy (non-hydrogen) atoms. The van der Waals surface area contributed by atoms with E-state index in [1.54, 1.807) is 29.7 Å². The summed E-state index contributed by atoms with van der Waals surface area (Å²) < 4.78 is 37.5. The molecule has 3 rings (SSSR count). The zero-order valence-electron chi connectivity index (χ0n) is 18.3. The molecule has 0 aromatic heterocycles. The summed E-state index contributed by atoms with van der Waals surface area (Å²) in [5.41, 5.74) is 3.78. The van der Waals surface area contributed by atoms with Crippen LogP contribution in [-0.4, -0.2) is 38.4 Å². The van der Waals surface area contributed by atoms with Gasteiger partial charge >= 0.3 is 0 Å². The third kappa shape index (κ3) is 7.04. The molecule has 0 unspecified atom stereocenters. The van der Waals surface area contributed by atoms with Crippen LogP contribution in [0.2, 0.25) is 0 Å². The molecule has 174 valence electrons. The van der Waals surface area contributed by atoms with Crippen molar-refractivity contribution in [3.05, 3.63) is 90.0 Å². The summed E-state index contributed by atoms with van der Waals surface area (Å²) in [6, 6.07) is 23.1. The van der Waals surface area contributed by atoms with Gasteiger partial charge in [-0.05, 0) is 48.9 Å². The van der Waals surface area contributed by atoms with E-state index < -0.39 is 22.0 Å². The fraction of sp³-hybridized carbons (Fsp3) is 0.208. The summed E-state index contributed by atoms with van der Waals surface area (Å²) in [6.45, 7) is 1.72. The molecule has 9 heteroatoms. The van der Waals surface area contributed by atoms with Gasteiger partial charge in [0, 0.05) is 0 Å². The van der Waals surface area contributed by atoms with Crippen LogP contribution in [-0.2, 0) is 26.2 Å². The normalized spacial score (nSPS) is 12.1. The number of benzene rings is 3. The first-order chi connectivity index (χ1) is 15.8. The molecule has 3 aromatic rings. The minimum Gasteiger partial charge on any atom is -0.457 e. The van der Waals surface area contributed by atoms with Crippen molar-refractivity contribution in [3.63, 3.8) is 0 Å². The van der Waals surface area contributed by atoms with Gasteiger partial charge in [-0.3, -0.25) is 14.3 Å². The maximum Gasteiger partial charge on any atom is 0.274 e. The Kier molecular flexibility index (Phi) is 8.05. The molecule has 0 heterocycles. The molecule has 0 radical (unpaired) electrons. The Labute approximate surface area is 193 Å². The van der Waals surface area contributed by atoms with E-state index in [1.807, 2.05) is 61.5 Å². The molecule has 1 amide bonds. The minimum absolute atomic E-state index is 0.0693. The van der Waals surface area contributed by atoms with Gasteiger partial charge in [0.05, 0.1) is 25.1 Å². The number of nitrogens with zero attached hydrogens (tertiary/aromatic N) is 1. The van der Waals surface area contributed by atoms with Crippen molar-refractivity contribution in [1.82, 2.24) is 5.48 Å². The molecule has 0 aliphatic rings. The second-order valence-electron chi connectivity index (χ2n) is 7.46. The first-order valence-electron chi connectivity index (χ1n) is 10.2. The largest absolute Gasteiger partial charge is 0.457 e. The number of rotatable bonds is 10. The van der Waals surface area contributed by atoms with Crippen molar-refractivity contribution in [2.75, 3.05) is 17.1 Å². The molecule has 8 nitrogen and oxygen atoms in total. The highest BCUT2D eigenvalue weighted by molar-refractivity contribution is 7.92. The number of anilines is 1. The van der Waals surface area contributed by atoms with Gasteiger partial charge in [0.25, 0.3) is 5.91 Å². The van der Waals surface area contributed by atoms with Gasteiger partial charge in [0.15, 0.2) is 6.10 Å². The number of hydrogen-bond acceptors (Lipinski definition) is 6. The predicted octanol–water partition coefficient (Wildman–Crippen LogP) is 3.64. The van der Waals surface area contributed by atoms with E-state index in [0.29, 0.717) is 17.2 Å². The SMILES string of the molecule is Cc1ccc(Oc2ccc(N(C[C@@H](OCc3ccccc3)C(=O)NO)S(C)(=O)=O)cc2)cc1. The average molecular weight is 471 g/mol. The average Bonchev–Trinajstić information content (AvgIpc) is 2.81. The molecular formula is C24H26N2O6S. The second kappa shape index (κ2) is 11.0. The van der Waals surface area contributed by atoms with Crippen molar-refractivity contribution >= 4 is 21.6 Å². The number of aryl methyl sites for hydroxylation is 1. The molecule has 0 spiro atoms. The number of amides is 1. The quantitative estimate of drug-likeness (QED) is 0.346. The number of carbonyl (C=O) groups is 1. The van der Waals surface area contributed by atoms with Crippen LogP contribution >= 0.6 is 0 Å². The third-order valence-electron chi connectivity index (χ3n) is 4.81. The van der Waals surface area contributed by atoms with Crippen LogP contribution < -0.4 is 14.5 Å². The number of hydrogen-bond donors (Lipinski definition) is 2. The Hall–Kier alpha value is -3.40. The van der Waals surface area contributed by atoms with E-state index in [0.717, 1.165) is 21.7 Å². The minimum atomic E-state index is -3.76. The van der Waals surface area contributed by atoms with E-state index in [9.17, 15) is 13.2 Å². The van der Waals surface area contributed by atoms with Gasteiger partial charge in [0.1, 0.15) is 11.5 Å². The maximum absolute atomic E-state index is 12.5. The molecule has 2 N–H and O–H groups in total. The highest BCUT2D eigenvalue weighted by atomic mass is 32.2. The lowest BCUT2D eigenvalue weighted by Crippen LogP contribution is -2.45. The Balaban J connectivity index is 1.77. The van der Waals surface area contributed by atoms with Gasteiger partial charge < -0.3 is 9.47 Å². The highest BCUT2D eigenvalue weighted by Gasteiger charge is 2.27. The van der Waals surface area contributed by atoms with E-state index in [1.165, 1.54) is 0 Å². The fourth-order valence-corrected chi connectivity index (χ4v) is 3.97. The summed E-state index contributed by atoms with van der Waals surface area (Å²) in [4.78, 5) is 12.2. The lowest BCUT2D eigenvalue weighted by atomic mass is 10.2. The molecular weight excluding hydrogens is 444 g/mol. The number of carbonyl (C=O) groups excluding carboxylic acids is 1. The van der Waals surface area contributed by atoms with Crippen LogP contribution in [0.4, 0.5) is 5.69 Å². The van der Waals surface area contributed by atoms with Crippen LogP contribution in [0.15, 0.2) is 78.9 Å². The summed E-state index contributed by atoms with van der Waals surface area (Å²) in [7, 11) is -3.76. The van der Waals surface area contributed by atoms with Crippen molar-refractivity contribution in [2.45, 2.75) is 19.6 Å². The Morgan fingerprint density at radius 2 is 1.55 bits per heavy atom. The van der Waals surface area contributed by atoms with E-state index in [4.69, 9.17) is 14.7 Å². The van der Waals surface area contributed by atoms with Gasteiger partial charge in [-0.2, -0.15) is 0 Å². The molecule has 0 saturated heterocycles. The third-order valence-corrected chi connectivity index (χ3v) is 5.97. The van der Waals surface area contributed by atoms with Gasteiger partial charge in [0.2, 0.25) is 10.0 Å². The van der Waals surface area contributed by atoms with Crippen LogP contribution in [0.3, 0.4) is 0 Å². The van der Waals surface area contributed by atoms with E-state index in [-0.39, 0.29) is 13.2 Å².